The first-order chi connectivity index (χ1) is 10.9. The van der Waals surface area contributed by atoms with Crippen LogP contribution in [0.4, 0.5) is 0 Å². The van der Waals surface area contributed by atoms with E-state index in [9.17, 15) is 0 Å². The molecule has 108 valence electrons. The highest BCUT2D eigenvalue weighted by molar-refractivity contribution is 5.52. The van der Waals surface area contributed by atoms with Crippen LogP contribution in [-0.4, -0.2) is 6.61 Å². The minimum Gasteiger partial charge on any atom is -0.492 e. The number of ether oxygens (including phenoxy) is 1. The van der Waals surface area contributed by atoms with Crippen LogP contribution in [0.3, 0.4) is 0 Å². The molecule has 4 rings (SSSR count). The van der Waals surface area contributed by atoms with Crippen molar-refractivity contribution < 1.29 is 4.74 Å². The maximum absolute atomic E-state index is 6.04. The molecular formula is C21H18O. The Morgan fingerprint density at radius 3 is 2.14 bits per heavy atom. The van der Waals surface area contributed by atoms with E-state index in [4.69, 9.17) is 4.74 Å². The van der Waals surface area contributed by atoms with Crippen molar-refractivity contribution in [2.45, 2.75) is 11.8 Å². The summed E-state index contributed by atoms with van der Waals surface area (Å²) in [5.41, 5.74) is 3.86. The summed E-state index contributed by atoms with van der Waals surface area (Å²) in [6.45, 7) is 0.700. The van der Waals surface area contributed by atoms with Crippen LogP contribution in [0.5, 0.6) is 5.75 Å². The lowest BCUT2D eigenvalue weighted by Gasteiger charge is -2.29. The van der Waals surface area contributed by atoms with E-state index in [-0.39, 0.29) is 5.41 Å². The lowest BCUT2D eigenvalue weighted by Crippen LogP contribution is -2.32. The largest absolute Gasteiger partial charge is 0.492 e. The van der Waals surface area contributed by atoms with Crippen LogP contribution in [0, 0.1) is 0 Å². The minimum absolute atomic E-state index is 0.0980. The van der Waals surface area contributed by atoms with Crippen molar-refractivity contribution in [1.29, 1.82) is 0 Å². The summed E-state index contributed by atoms with van der Waals surface area (Å²) in [5.74, 6) is 1.02. The topological polar surface area (TPSA) is 9.23 Å². The van der Waals surface area contributed by atoms with Gasteiger partial charge in [0.25, 0.3) is 0 Å². The second-order valence-electron chi connectivity index (χ2n) is 5.90. The molecule has 1 aliphatic rings. The van der Waals surface area contributed by atoms with Gasteiger partial charge in [0.05, 0.1) is 5.41 Å². The van der Waals surface area contributed by atoms with Crippen LogP contribution in [0.15, 0.2) is 84.9 Å². The van der Waals surface area contributed by atoms with Crippen LogP contribution < -0.4 is 4.74 Å². The Hall–Kier alpha value is -2.54. The zero-order valence-electron chi connectivity index (χ0n) is 12.4. The molecule has 0 saturated heterocycles. The minimum atomic E-state index is -0.0980. The molecule has 0 aromatic heterocycles. The van der Waals surface area contributed by atoms with E-state index in [0.717, 1.165) is 12.2 Å². The van der Waals surface area contributed by atoms with Gasteiger partial charge in [-0.2, -0.15) is 0 Å². The van der Waals surface area contributed by atoms with Gasteiger partial charge in [0, 0.05) is 5.56 Å². The molecule has 1 unspecified atom stereocenters. The Bertz CT molecular complexity index is 764. The molecule has 0 amide bonds. The average molecular weight is 286 g/mol. The molecule has 0 bridgehead atoms. The molecule has 1 heteroatoms. The highest BCUT2D eigenvalue weighted by Crippen LogP contribution is 2.45. The lowest BCUT2D eigenvalue weighted by molar-refractivity contribution is 0.290. The first-order valence-electron chi connectivity index (χ1n) is 7.70. The summed E-state index contributed by atoms with van der Waals surface area (Å²) in [4.78, 5) is 0. The summed E-state index contributed by atoms with van der Waals surface area (Å²) in [6, 6.07) is 29.8. The van der Waals surface area contributed by atoms with Gasteiger partial charge in [-0.15, -0.1) is 0 Å². The predicted molar refractivity (Wildman–Crippen MR) is 89.3 cm³/mol. The van der Waals surface area contributed by atoms with E-state index >= 15 is 0 Å². The van der Waals surface area contributed by atoms with Crippen LogP contribution >= 0.6 is 0 Å². The van der Waals surface area contributed by atoms with E-state index in [2.05, 4.69) is 78.9 Å². The number of benzene rings is 3. The first kappa shape index (κ1) is 13.1. The molecule has 0 aliphatic carbocycles. The van der Waals surface area contributed by atoms with Crippen LogP contribution in [0.2, 0.25) is 0 Å². The van der Waals surface area contributed by atoms with Crippen molar-refractivity contribution in [1.82, 2.24) is 0 Å². The van der Waals surface area contributed by atoms with E-state index < -0.39 is 0 Å². The zero-order chi connectivity index (χ0) is 14.8. The third-order valence-electron chi connectivity index (χ3n) is 4.55. The molecule has 0 saturated carbocycles. The molecule has 1 atom stereocenters. The van der Waals surface area contributed by atoms with Crippen molar-refractivity contribution >= 4 is 0 Å². The number of rotatable bonds is 3. The van der Waals surface area contributed by atoms with Crippen molar-refractivity contribution in [3.8, 4) is 5.75 Å². The molecule has 0 N–H and O–H groups in total. The van der Waals surface area contributed by atoms with E-state index in [0.29, 0.717) is 6.61 Å². The van der Waals surface area contributed by atoms with Gasteiger partial charge in [0.2, 0.25) is 0 Å². The van der Waals surface area contributed by atoms with Crippen LogP contribution in [0.1, 0.15) is 16.7 Å². The Morgan fingerprint density at radius 1 is 0.727 bits per heavy atom. The number of hydrogen-bond acceptors (Lipinski definition) is 1. The Morgan fingerprint density at radius 2 is 1.36 bits per heavy atom. The van der Waals surface area contributed by atoms with Crippen molar-refractivity contribution in [2.75, 3.05) is 6.61 Å². The van der Waals surface area contributed by atoms with Gasteiger partial charge in [-0.1, -0.05) is 78.9 Å². The zero-order valence-corrected chi connectivity index (χ0v) is 12.4. The average Bonchev–Trinajstić information content (AvgIpc) is 2.97. The second kappa shape index (κ2) is 5.34. The molecule has 1 heterocycles. The van der Waals surface area contributed by atoms with E-state index in [1.54, 1.807) is 0 Å². The maximum Gasteiger partial charge on any atom is 0.123 e. The van der Waals surface area contributed by atoms with E-state index in [1.165, 1.54) is 16.7 Å². The van der Waals surface area contributed by atoms with Gasteiger partial charge in [-0.3, -0.25) is 0 Å². The highest BCUT2D eigenvalue weighted by atomic mass is 16.5. The number of hydrogen-bond donors (Lipinski definition) is 0. The lowest BCUT2D eigenvalue weighted by atomic mass is 9.72. The predicted octanol–water partition coefficient (Wildman–Crippen LogP) is 4.61. The fourth-order valence-corrected chi connectivity index (χ4v) is 3.46. The van der Waals surface area contributed by atoms with Crippen molar-refractivity contribution in [3.05, 3.63) is 102 Å². The Labute approximate surface area is 131 Å². The Balaban J connectivity index is 1.87. The third-order valence-corrected chi connectivity index (χ3v) is 4.55. The summed E-state index contributed by atoms with van der Waals surface area (Å²) in [5, 5.41) is 0. The summed E-state index contributed by atoms with van der Waals surface area (Å²) in [7, 11) is 0. The van der Waals surface area contributed by atoms with E-state index in [1.807, 2.05) is 6.07 Å². The molecule has 0 radical (unpaired) electrons. The summed E-state index contributed by atoms with van der Waals surface area (Å²) < 4.78 is 6.04. The smallest absolute Gasteiger partial charge is 0.123 e. The van der Waals surface area contributed by atoms with Gasteiger partial charge in [0.15, 0.2) is 0 Å². The highest BCUT2D eigenvalue weighted by Gasteiger charge is 2.42. The number of para-hydroxylation sites is 1. The number of fused-ring (bicyclic) bond motifs is 1. The SMILES string of the molecule is c1ccc(CC2(c3ccccc3)COc3ccccc32)cc1. The maximum atomic E-state index is 6.04. The van der Waals surface area contributed by atoms with Crippen LogP contribution in [-0.2, 0) is 11.8 Å². The molecule has 22 heavy (non-hydrogen) atoms. The quantitative estimate of drug-likeness (QED) is 0.683. The van der Waals surface area contributed by atoms with Crippen LogP contribution in [0.25, 0.3) is 0 Å². The standard InChI is InChI=1S/C21H18O/c1-3-9-17(10-4-1)15-21(18-11-5-2-6-12-18)16-22-20-14-8-7-13-19(20)21/h1-14H,15-16H2. The molecule has 0 fully saturated rings. The molecule has 3 aromatic rings. The monoisotopic (exact) mass is 286 g/mol. The first-order valence-corrected chi connectivity index (χ1v) is 7.70. The van der Waals surface area contributed by atoms with Gasteiger partial charge in [0.1, 0.15) is 12.4 Å². The molecule has 1 nitrogen and oxygen atoms in total. The third kappa shape index (κ3) is 2.10. The molecular weight excluding hydrogens is 268 g/mol. The summed E-state index contributed by atoms with van der Waals surface area (Å²) >= 11 is 0. The second-order valence-corrected chi connectivity index (χ2v) is 5.90. The van der Waals surface area contributed by atoms with Gasteiger partial charge >= 0.3 is 0 Å². The Kier molecular flexibility index (Phi) is 3.19. The van der Waals surface area contributed by atoms with Gasteiger partial charge < -0.3 is 4.74 Å². The fraction of sp³-hybridized carbons (Fsp3) is 0.143. The molecule has 3 aromatic carbocycles. The van der Waals surface area contributed by atoms with Gasteiger partial charge in [-0.05, 0) is 23.6 Å². The fourth-order valence-electron chi connectivity index (χ4n) is 3.46. The molecule has 0 spiro atoms. The van der Waals surface area contributed by atoms with Gasteiger partial charge in [-0.25, -0.2) is 0 Å². The molecule has 1 aliphatic heterocycles. The summed E-state index contributed by atoms with van der Waals surface area (Å²) in [6.07, 6.45) is 0.953. The normalized spacial score (nSPS) is 19.5. The van der Waals surface area contributed by atoms with Crippen molar-refractivity contribution in [3.63, 3.8) is 0 Å². The van der Waals surface area contributed by atoms with Crippen molar-refractivity contribution in [2.24, 2.45) is 0 Å².